The fraction of sp³-hybridized carbons (Fsp3) is 0.125. The highest BCUT2D eigenvalue weighted by Gasteiger charge is 2.25. The molecule has 0 spiro atoms. The summed E-state index contributed by atoms with van der Waals surface area (Å²) in [6.07, 6.45) is 0. The monoisotopic (exact) mass is 900 g/mol. The van der Waals surface area contributed by atoms with Gasteiger partial charge in [-0.05, 0) is 179 Å². The largest absolute Gasteiger partial charge is 0.399 e. The maximum atomic E-state index is 6.15. The molecule has 0 fully saturated rings. The molecule has 306 valence electrons. The molecule has 0 radical (unpaired) electrons. The van der Waals surface area contributed by atoms with Gasteiger partial charge in [0, 0.05) is 98.0 Å². The van der Waals surface area contributed by atoms with E-state index in [4.69, 9.17) is 34.4 Å². The minimum absolute atomic E-state index is 0.757. The van der Waals surface area contributed by atoms with E-state index in [1.807, 2.05) is 143 Å². The van der Waals surface area contributed by atoms with Crippen LogP contribution < -0.4 is 34.4 Å². The Balaban J connectivity index is 1.43. The lowest BCUT2D eigenvalue weighted by molar-refractivity contribution is 1.07. The number of anilines is 6. The van der Waals surface area contributed by atoms with Crippen molar-refractivity contribution >= 4 is 105 Å². The van der Waals surface area contributed by atoms with Gasteiger partial charge >= 0.3 is 0 Å². The van der Waals surface area contributed by atoms with Gasteiger partial charge in [0.2, 0.25) is 0 Å². The first kappa shape index (κ1) is 43.5. The molecule has 0 saturated carbocycles. The van der Waals surface area contributed by atoms with Gasteiger partial charge in [0.1, 0.15) is 0 Å². The van der Waals surface area contributed by atoms with Crippen molar-refractivity contribution in [1.82, 2.24) is 0 Å². The van der Waals surface area contributed by atoms with Crippen LogP contribution in [0.25, 0.3) is 0 Å². The molecule has 12 N–H and O–H groups in total. The van der Waals surface area contributed by atoms with Gasteiger partial charge in [-0.3, -0.25) is 0 Å². The molecule has 0 aliphatic carbocycles. The number of nitrogens with two attached hydrogens (primary N) is 6. The SMILES string of the molecule is Nc1ccc(SCc2c(CSc3ccc(N)cc3)c(CSc3ccc(N)cc3)c(CSc3ccc(N)cc3)c(CSc3ccc(N)cc3)c2CSc2ccc(N)cc2)cc1. The highest BCUT2D eigenvalue weighted by Crippen LogP contribution is 2.45. The smallest absolute Gasteiger partial charge is 0.0314 e. The highest BCUT2D eigenvalue weighted by molar-refractivity contribution is 8.00. The molecular formula is C48H48N6S6. The van der Waals surface area contributed by atoms with Crippen LogP contribution in [-0.2, 0) is 34.5 Å². The molecule has 0 unspecified atom stereocenters. The van der Waals surface area contributed by atoms with Crippen molar-refractivity contribution in [3.63, 3.8) is 0 Å². The van der Waals surface area contributed by atoms with E-state index in [-0.39, 0.29) is 0 Å². The first-order valence-corrected chi connectivity index (χ1v) is 25.2. The molecular weight excluding hydrogens is 853 g/mol. The van der Waals surface area contributed by atoms with Gasteiger partial charge in [-0.2, -0.15) is 0 Å². The predicted octanol–water partition coefficient (Wildman–Crippen LogP) is 12.9. The van der Waals surface area contributed by atoms with E-state index >= 15 is 0 Å². The van der Waals surface area contributed by atoms with E-state index in [2.05, 4.69) is 72.8 Å². The fourth-order valence-corrected chi connectivity index (χ4v) is 12.4. The molecule has 0 aliphatic heterocycles. The van der Waals surface area contributed by atoms with Crippen molar-refractivity contribution < 1.29 is 0 Å². The average molecular weight is 901 g/mol. The molecule has 0 amide bonds. The molecule has 0 atom stereocenters. The summed E-state index contributed by atoms with van der Waals surface area (Å²) in [7, 11) is 0. The Morgan fingerprint density at radius 2 is 0.317 bits per heavy atom. The quantitative estimate of drug-likeness (QED) is 0.0358. The summed E-state index contributed by atoms with van der Waals surface area (Å²) in [6, 6.07) is 49.3. The van der Waals surface area contributed by atoms with E-state index in [0.29, 0.717) is 0 Å². The van der Waals surface area contributed by atoms with E-state index in [0.717, 1.165) is 68.6 Å². The second-order valence-electron chi connectivity index (χ2n) is 14.0. The van der Waals surface area contributed by atoms with Crippen molar-refractivity contribution in [2.75, 3.05) is 34.4 Å². The molecule has 7 aromatic carbocycles. The van der Waals surface area contributed by atoms with Crippen LogP contribution in [0.4, 0.5) is 34.1 Å². The standard InChI is InChI=1S/C48H48N6S6/c49-31-1-13-37(14-2-31)55-25-43-44(26-56-38-15-3-32(50)4-16-38)46(28-58-40-19-7-34(52)8-20-40)48(30-60-42-23-11-36(54)12-24-42)47(29-59-41-21-9-35(53)10-22-41)45(43)27-57-39-17-5-33(51)6-18-39/h1-24H,25-30,49-54H2. The third-order valence-electron chi connectivity index (χ3n) is 9.77. The summed E-state index contributed by atoms with van der Waals surface area (Å²) < 4.78 is 0. The molecule has 0 bridgehead atoms. The molecule has 0 heterocycles. The van der Waals surface area contributed by atoms with E-state index in [1.165, 1.54) is 62.8 Å². The minimum Gasteiger partial charge on any atom is -0.399 e. The van der Waals surface area contributed by atoms with Crippen LogP contribution in [-0.4, -0.2) is 0 Å². The average Bonchev–Trinajstić information content (AvgIpc) is 3.26. The zero-order chi connectivity index (χ0) is 41.8. The third-order valence-corrected chi connectivity index (χ3v) is 16.0. The lowest BCUT2D eigenvalue weighted by atomic mass is 9.90. The number of hydrogen-bond donors (Lipinski definition) is 6. The molecule has 0 aliphatic rings. The minimum atomic E-state index is 0.757. The van der Waals surface area contributed by atoms with Crippen molar-refractivity contribution in [3.8, 4) is 0 Å². The van der Waals surface area contributed by atoms with Crippen molar-refractivity contribution in [3.05, 3.63) is 179 Å². The van der Waals surface area contributed by atoms with Gasteiger partial charge in [0.25, 0.3) is 0 Å². The number of hydrogen-bond acceptors (Lipinski definition) is 12. The number of nitrogen functional groups attached to an aromatic ring is 6. The Labute approximate surface area is 379 Å². The third kappa shape index (κ3) is 12.3. The Bertz CT molecular complexity index is 1990. The highest BCUT2D eigenvalue weighted by atomic mass is 32.2. The molecule has 12 heteroatoms. The lowest BCUT2D eigenvalue weighted by Gasteiger charge is -2.27. The maximum Gasteiger partial charge on any atom is 0.0314 e. The molecule has 60 heavy (non-hydrogen) atoms. The first-order chi connectivity index (χ1) is 29.2. The number of thioether (sulfide) groups is 6. The van der Waals surface area contributed by atoms with Crippen LogP contribution in [0.15, 0.2) is 175 Å². The van der Waals surface area contributed by atoms with E-state index in [1.54, 1.807) is 0 Å². The Hall–Kier alpha value is -4.56. The molecule has 6 nitrogen and oxygen atoms in total. The van der Waals surface area contributed by atoms with E-state index < -0.39 is 0 Å². The summed E-state index contributed by atoms with van der Waals surface area (Å²) in [4.78, 5) is 7.07. The molecule has 7 aromatic rings. The van der Waals surface area contributed by atoms with Gasteiger partial charge in [-0.1, -0.05) is 0 Å². The van der Waals surface area contributed by atoms with Crippen LogP contribution >= 0.6 is 70.6 Å². The Morgan fingerprint density at radius 1 is 0.200 bits per heavy atom. The zero-order valence-electron chi connectivity index (χ0n) is 33.0. The number of benzene rings is 7. The van der Waals surface area contributed by atoms with Crippen LogP contribution in [0.2, 0.25) is 0 Å². The van der Waals surface area contributed by atoms with Crippen LogP contribution in [0.1, 0.15) is 33.4 Å². The van der Waals surface area contributed by atoms with Crippen molar-refractivity contribution in [2.24, 2.45) is 0 Å². The molecule has 0 aromatic heterocycles. The summed E-state index contributed by atoms with van der Waals surface area (Å²) in [5.74, 6) is 4.77. The molecule has 0 saturated heterocycles. The lowest BCUT2D eigenvalue weighted by Crippen LogP contribution is -2.12. The van der Waals surface area contributed by atoms with Gasteiger partial charge in [-0.25, -0.2) is 0 Å². The summed E-state index contributed by atoms with van der Waals surface area (Å²) >= 11 is 11.2. The van der Waals surface area contributed by atoms with Gasteiger partial charge in [0.15, 0.2) is 0 Å². The molecule has 7 rings (SSSR count). The Kier molecular flexibility index (Phi) is 15.5. The van der Waals surface area contributed by atoms with Crippen molar-refractivity contribution in [2.45, 2.75) is 63.9 Å². The van der Waals surface area contributed by atoms with Gasteiger partial charge < -0.3 is 34.4 Å². The summed E-state index contributed by atoms with van der Waals surface area (Å²) in [6.45, 7) is 0. The number of rotatable bonds is 18. The predicted molar refractivity (Wildman–Crippen MR) is 269 cm³/mol. The maximum absolute atomic E-state index is 6.15. The first-order valence-electron chi connectivity index (χ1n) is 19.2. The second-order valence-corrected chi connectivity index (χ2v) is 20.3. The van der Waals surface area contributed by atoms with Crippen LogP contribution in [0.5, 0.6) is 0 Å². The summed E-state index contributed by atoms with van der Waals surface area (Å²) in [5.41, 5.74) is 49.7. The van der Waals surface area contributed by atoms with Gasteiger partial charge in [0.05, 0.1) is 0 Å². The van der Waals surface area contributed by atoms with Crippen LogP contribution in [0.3, 0.4) is 0 Å². The van der Waals surface area contributed by atoms with Gasteiger partial charge in [-0.15, -0.1) is 70.6 Å². The topological polar surface area (TPSA) is 156 Å². The zero-order valence-corrected chi connectivity index (χ0v) is 37.9. The second kappa shape index (κ2) is 21.3. The van der Waals surface area contributed by atoms with E-state index in [9.17, 15) is 0 Å². The van der Waals surface area contributed by atoms with Crippen molar-refractivity contribution in [1.29, 1.82) is 0 Å². The Morgan fingerprint density at radius 3 is 0.433 bits per heavy atom. The fourth-order valence-electron chi connectivity index (χ4n) is 6.46. The normalized spacial score (nSPS) is 11.2. The van der Waals surface area contributed by atoms with Crippen LogP contribution in [0, 0.1) is 0 Å². The summed E-state index contributed by atoms with van der Waals surface area (Å²) in [5, 5.41) is 0.